The van der Waals surface area contributed by atoms with Crippen LogP contribution in [0.5, 0.6) is 0 Å². The van der Waals surface area contributed by atoms with Crippen LogP contribution >= 0.6 is 15.9 Å². The number of anilines is 1. The molecule has 1 aliphatic heterocycles. The van der Waals surface area contributed by atoms with E-state index in [9.17, 15) is 0 Å². The van der Waals surface area contributed by atoms with Gasteiger partial charge >= 0.3 is 0 Å². The Morgan fingerprint density at radius 1 is 1.50 bits per heavy atom. The first-order chi connectivity index (χ1) is 7.74. The number of halogens is 1. The molecule has 1 fully saturated rings. The fraction of sp³-hybridized carbons (Fsp3) is 0.538. The van der Waals surface area contributed by atoms with Crippen LogP contribution < -0.4 is 10.2 Å². The van der Waals surface area contributed by atoms with Crippen LogP contribution in [0, 0.1) is 6.92 Å². The maximum Gasteiger partial charge on any atom is 0.0412 e. The highest BCUT2D eigenvalue weighted by molar-refractivity contribution is 9.10. The van der Waals surface area contributed by atoms with Crippen LogP contribution in [0.2, 0.25) is 0 Å². The number of nitrogens with zero attached hydrogens (tertiary/aromatic N) is 1. The van der Waals surface area contributed by atoms with Crippen LogP contribution in [0.15, 0.2) is 22.7 Å². The Labute approximate surface area is 106 Å². The van der Waals surface area contributed by atoms with E-state index < -0.39 is 0 Å². The molecule has 3 heteroatoms. The molecule has 1 saturated heterocycles. The van der Waals surface area contributed by atoms with Gasteiger partial charge in [-0.25, -0.2) is 0 Å². The Kier molecular flexibility index (Phi) is 3.87. The predicted octanol–water partition coefficient (Wildman–Crippen LogP) is 2.95. The zero-order chi connectivity index (χ0) is 11.5. The fourth-order valence-electron chi connectivity index (χ4n) is 2.35. The monoisotopic (exact) mass is 282 g/mol. The van der Waals surface area contributed by atoms with Crippen LogP contribution in [0.25, 0.3) is 0 Å². The summed E-state index contributed by atoms with van der Waals surface area (Å²) in [5.74, 6) is 0. The maximum absolute atomic E-state index is 3.61. The minimum Gasteiger partial charge on any atom is -0.366 e. The van der Waals surface area contributed by atoms with E-state index in [1.54, 1.807) is 0 Å². The van der Waals surface area contributed by atoms with Gasteiger partial charge in [0, 0.05) is 35.8 Å². The molecule has 0 spiro atoms. The number of hydrogen-bond acceptors (Lipinski definition) is 2. The van der Waals surface area contributed by atoms with Crippen LogP contribution in [0.1, 0.15) is 18.9 Å². The van der Waals surface area contributed by atoms with Gasteiger partial charge in [-0.15, -0.1) is 0 Å². The molecule has 16 heavy (non-hydrogen) atoms. The SMILES string of the molecule is CCC1CNCCN1c1cccc(Br)c1C. The molecule has 0 aliphatic carbocycles. The van der Waals surface area contributed by atoms with Crippen LogP contribution in [-0.2, 0) is 0 Å². The third-order valence-corrected chi connectivity index (χ3v) is 4.23. The van der Waals surface area contributed by atoms with Crippen molar-refractivity contribution in [1.82, 2.24) is 5.32 Å². The van der Waals surface area contributed by atoms with E-state index in [1.165, 1.54) is 22.1 Å². The van der Waals surface area contributed by atoms with E-state index >= 15 is 0 Å². The molecular weight excluding hydrogens is 264 g/mol. The maximum atomic E-state index is 3.61. The third kappa shape index (κ3) is 2.25. The lowest BCUT2D eigenvalue weighted by Gasteiger charge is -2.38. The summed E-state index contributed by atoms with van der Waals surface area (Å²) in [6, 6.07) is 7.10. The highest BCUT2D eigenvalue weighted by atomic mass is 79.9. The van der Waals surface area contributed by atoms with Gasteiger partial charge in [-0.2, -0.15) is 0 Å². The average molecular weight is 283 g/mol. The Morgan fingerprint density at radius 2 is 2.31 bits per heavy atom. The third-order valence-electron chi connectivity index (χ3n) is 3.37. The highest BCUT2D eigenvalue weighted by Gasteiger charge is 2.22. The van der Waals surface area contributed by atoms with Crippen LogP contribution in [-0.4, -0.2) is 25.7 Å². The van der Waals surface area contributed by atoms with E-state index in [0.717, 1.165) is 19.6 Å². The molecular formula is C13H19BrN2. The van der Waals surface area contributed by atoms with Crippen molar-refractivity contribution in [3.63, 3.8) is 0 Å². The van der Waals surface area contributed by atoms with Gasteiger partial charge in [-0.05, 0) is 31.0 Å². The molecule has 1 atom stereocenters. The van der Waals surface area contributed by atoms with Crippen LogP contribution in [0.4, 0.5) is 5.69 Å². The highest BCUT2D eigenvalue weighted by Crippen LogP contribution is 2.29. The van der Waals surface area contributed by atoms with Gasteiger partial charge in [0.25, 0.3) is 0 Å². The summed E-state index contributed by atoms with van der Waals surface area (Å²) in [4.78, 5) is 2.54. The second kappa shape index (κ2) is 5.19. The zero-order valence-corrected chi connectivity index (χ0v) is 11.5. The fourth-order valence-corrected chi connectivity index (χ4v) is 2.71. The van der Waals surface area contributed by atoms with Gasteiger partial charge in [0.2, 0.25) is 0 Å². The Hall–Kier alpha value is -0.540. The summed E-state index contributed by atoms with van der Waals surface area (Å²) in [5, 5.41) is 3.47. The summed E-state index contributed by atoms with van der Waals surface area (Å²) in [7, 11) is 0. The van der Waals surface area contributed by atoms with Crippen LogP contribution in [0.3, 0.4) is 0 Å². The van der Waals surface area contributed by atoms with Crippen molar-refractivity contribution in [2.75, 3.05) is 24.5 Å². The number of benzene rings is 1. The van der Waals surface area contributed by atoms with Gasteiger partial charge < -0.3 is 10.2 Å². The molecule has 0 aromatic heterocycles. The van der Waals surface area contributed by atoms with Crippen molar-refractivity contribution in [3.8, 4) is 0 Å². The molecule has 1 aromatic rings. The van der Waals surface area contributed by atoms with E-state index in [2.05, 4.69) is 58.2 Å². The topological polar surface area (TPSA) is 15.3 Å². The molecule has 1 heterocycles. The van der Waals surface area contributed by atoms with E-state index in [4.69, 9.17) is 0 Å². The smallest absolute Gasteiger partial charge is 0.0412 e. The van der Waals surface area contributed by atoms with Gasteiger partial charge in [0.05, 0.1) is 0 Å². The average Bonchev–Trinajstić information content (AvgIpc) is 2.33. The molecule has 0 radical (unpaired) electrons. The standard InChI is InChI=1S/C13H19BrN2/c1-3-11-9-15-7-8-16(11)13-6-4-5-12(14)10(13)2/h4-6,11,15H,3,7-9H2,1-2H3. The summed E-state index contributed by atoms with van der Waals surface area (Å²) < 4.78 is 1.21. The molecule has 2 rings (SSSR count). The van der Waals surface area contributed by atoms with Crippen molar-refractivity contribution < 1.29 is 0 Å². The van der Waals surface area contributed by atoms with Crippen molar-refractivity contribution in [1.29, 1.82) is 0 Å². The lowest BCUT2D eigenvalue weighted by molar-refractivity contribution is 0.466. The van der Waals surface area contributed by atoms with Gasteiger partial charge in [-0.3, -0.25) is 0 Å². The van der Waals surface area contributed by atoms with Crippen molar-refractivity contribution in [3.05, 3.63) is 28.2 Å². The Morgan fingerprint density at radius 3 is 3.06 bits per heavy atom. The molecule has 88 valence electrons. The molecule has 1 aromatic carbocycles. The number of rotatable bonds is 2. The number of piperazine rings is 1. The first-order valence-electron chi connectivity index (χ1n) is 5.96. The number of nitrogens with one attached hydrogen (secondary N) is 1. The second-order valence-corrected chi connectivity index (χ2v) is 5.20. The van der Waals surface area contributed by atoms with E-state index in [1.807, 2.05) is 0 Å². The molecule has 0 amide bonds. The molecule has 1 aliphatic rings. The quantitative estimate of drug-likeness (QED) is 0.897. The second-order valence-electron chi connectivity index (χ2n) is 4.34. The lowest BCUT2D eigenvalue weighted by atomic mass is 10.1. The first kappa shape index (κ1) is 11.9. The van der Waals surface area contributed by atoms with Gasteiger partial charge in [0.1, 0.15) is 0 Å². The summed E-state index contributed by atoms with van der Waals surface area (Å²) in [6.45, 7) is 7.74. The summed E-state index contributed by atoms with van der Waals surface area (Å²) >= 11 is 3.61. The van der Waals surface area contributed by atoms with E-state index in [0.29, 0.717) is 6.04 Å². The molecule has 2 nitrogen and oxygen atoms in total. The number of hydrogen-bond donors (Lipinski definition) is 1. The van der Waals surface area contributed by atoms with Crippen molar-refractivity contribution in [2.24, 2.45) is 0 Å². The molecule has 0 saturated carbocycles. The normalized spacial score (nSPS) is 21.2. The zero-order valence-electron chi connectivity index (χ0n) is 9.96. The largest absolute Gasteiger partial charge is 0.366 e. The van der Waals surface area contributed by atoms with Gasteiger partial charge in [-0.1, -0.05) is 28.9 Å². The van der Waals surface area contributed by atoms with Gasteiger partial charge in [0.15, 0.2) is 0 Å². The molecule has 1 unspecified atom stereocenters. The summed E-state index contributed by atoms with van der Waals surface area (Å²) in [5.41, 5.74) is 2.73. The Balaban J connectivity index is 2.30. The molecule has 1 N–H and O–H groups in total. The first-order valence-corrected chi connectivity index (χ1v) is 6.75. The minimum absolute atomic E-state index is 0.627. The molecule has 0 bridgehead atoms. The van der Waals surface area contributed by atoms with Crippen molar-refractivity contribution in [2.45, 2.75) is 26.3 Å². The predicted molar refractivity (Wildman–Crippen MR) is 73.2 cm³/mol. The lowest BCUT2D eigenvalue weighted by Crippen LogP contribution is -2.51. The van der Waals surface area contributed by atoms with E-state index in [-0.39, 0.29) is 0 Å². The van der Waals surface area contributed by atoms with Crippen molar-refractivity contribution >= 4 is 21.6 Å². The Bertz CT molecular complexity index is 365. The minimum atomic E-state index is 0.627. The summed E-state index contributed by atoms with van der Waals surface area (Å²) in [6.07, 6.45) is 1.19.